The second kappa shape index (κ2) is 10.4. The highest BCUT2D eigenvalue weighted by Gasteiger charge is 2.28. The highest BCUT2D eigenvalue weighted by atomic mass is 16.3. The van der Waals surface area contributed by atoms with Crippen molar-refractivity contribution < 1.29 is 14.7 Å². The van der Waals surface area contributed by atoms with Crippen LogP contribution in [0.4, 0.5) is 0 Å². The number of phenols is 1. The van der Waals surface area contributed by atoms with Gasteiger partial charge in [0, 0.05) is 44.0 Å². The maximum absolute atomic E-state index is 13.7. The van der Waals surface area contributed by atoms with Gasteiger partial charge in [0.05, 0.1) is 13.1 Å². The molecule has 0 unspecified atom stereocenters. The number of Topliss-reactive ketones (excluding diaryl/α,β-unsaturated/α-hetero) is 1. The van der Waals surface area contributed by atoms with Gasteiger partial charge >= 0.3 is 0 Å². The van der Waals surface area contributed by atoms with Gasteiger partial charge in [-0.25, -0.2) is 0 Å². The molecule has 0 bridgehead atoms. The fraction of sp³-hybridized carbons (Fsp3) is 0.433. The van der Waals surface area contributed by atoms with Crippen LogP contribution in [0.3, 0.4) is 0 Å². The van der Waals surface area contributed by atoms with Crippen LogP contribution in [0.25, 0.3) is 0 Å². The molecule has 3 aromatic rings. The van der Waals surface area contributed by atoms with E-state index in [2.05, 4.69) is 4.99 Å². The van der Waals surface area contributed by atoms with Crippen LogP contribution in [0, 0.1) is 0 Å². The molecule has 0 spiro atoms. The number of hydrogen-bond donors (Lipinski definition) is 1. The molecule has 2 aromatic carbocycles. The van der Waals surface area contributed by atoms with Crippen LogP contribution < -0.4 is 5.62 Å². The number of imidazole rings is 1. The van der Waals surface area contributed by atoms with Gasteiger partial charge in [-0.1, -0.05) is 71.9 Å². The van der Waals surface area contributed by atoms with E-state index in [1.165, 1.54) is 4.90 Å². The van der Waals surface area contributed by atoms with Crippen LogP contribution in [0.1, 0.15) is 79.1 Å². The van der Waals surface area contributed by atoms with Gasteiger partial charge in [-0.15, -0.1) is 0 Å². The largest absolute Gasteiger partial charge is 0.507 e. The molecule has 0 radical (unpaired) electrons. The van der Waals surface area contributed by atoms with E-state index in [9.17, 15) is 14.7 Å². The summed E-state index contributed by atoms with van der Waals surface area (Å²) in [5.74, 6) is -0.0466. The topological polar surface area (TPSA) is 79.8 Å². The Balaban J connectivity index is 2.13. The van der Waals surface area contributed by atoms with Gasteiger partial charge in [0.2, 0.25) is 5.62 Å². The molecule has 0 aliphatic heterocycles. The van der Waals surface area contributed by atoms with Crippen molar-refractivity contribution in [1.82, 2.24) is 14.0 Å². The summed E-state index contributed by atoms with van der Waals surface area (Å²) in [4.78, 5) is 32.8. The molecule has 198 valence electrons. The number of carbonyl (C=O) groups is 2. The Labute approximate surface area is 220 Å². The minimum absolute atomic E-state index is 0.0140. The SMILES string of the molecule is C/N=c1/n(CC(=O)c2cc(C(C)(C)C)c(O)c(C(C)(C)C)c2)cc(C(=O)N(C)C)n1Cc1ccccc1. The van der Waals surface area contributed by atoms with E-state index >= 15 is 0 Å². The summed E-state index contributed by atoms with van der Waals surface area (Å²) in [6.45, 7) is 12.6. The van der Waals surface area contributed by atoms with E-state index < -0.39 is 0 Å². The number of carbonyl (C=O) groups excluding carboxylic acids is 2. The van der Waals surface area contributed by atoms with Crippen LogP contribution in [0.15, 0.2) is 53.7 Å². The van der Waals surface area contributed by atoms with Crippen LogP contribution >= 0.6 is 0 Å². The fourth-order valence-electron chi connectivity index (χ4n) is 4.41. The minimum Gasteiger partial charge on any atom is -0.507 e. The zero-order valence-corrected chi connectivity index (χ0v) is 23.6. The first-order valence-corrected chi connectivity index (χ1v) is 12.5. The smallest absolute Gasteiger partial charge is 0.271 e. The Kier molecular flexibility index (Phi) is 7.86. The number of ketones is 1. The molecule has 1 aromatic heterocycles. The maximum atomic E-state index is 13.7. The van der Waals surface area contributed by atoms with Crippen molar-refractivity contribution in [1.29, 1.82) is 0 Å². The molecular formula is C30H40N4O3. The van der Waals surface area contributed by atoms with Crippen molar-refractivity contribution in [2.24, 2.45) is 4.99 Å². The molecule has 1 amide bonds. The molecule has 37 heavy (non-hydrogen) atoms. The van der Waals surface area contributed by atoms with Crippen molar-refractivity contribution in [3.05, 3.63) is 82.2 Å². The Bertz CT molecular complexity index is 1330. The number of aromatic nitrogens is 2. The van der Waals surface area contributed by atoms with E-state index in [1.807, 2.05) is 76.4 Å². The molecule has 0 atom stereocenters. The monoisotopic (exact) mass is 504 g/mol. The van der Waals surface area contributed by atoms with Crippen molar-refractivity contribution in [2.45, 2.75) is 65.5 Å². The van der Waals surface area contributed by atoms with E-state index in [1.54, 1.807) is 44.0 Å². The van der Waals surface area contributed by atoms with E-state index in [0.29, 0.717) is 23.4 Å². The molecule has 1 heterocycles. The van der Waals surface area contributed by atoms with E-state index in [0.717, 1.165) is 16.7 Å². The number of hydrogen-bond acceptors (Lipinski definition) is 4. The molecule has 0 fully saturated rings. The Morgan fingerprint density at radius 3 is 1.95 bits per heavy atom. The molecule has 0 saturated carbocycles. The number of benzene rings is 2. The second-order valence-electron chi connectivity index (χ2n) is 11.8. The fourth-order valence-corrected chi connectivity index (χ4v) is 4.41. The second-order valence-corrected chi connectivity index (χ2v) is 11.8. The molecule has 7 nitrogen and oxygen atoms in total. The van der Waals surface area contributed by atoms with Crippen molar-refractivity contribution in [3.8, 4) is 5.75 Å². The van der Waals surface area contributed by atoms with Gasteiger partial charge in [-0.2, -0.15) is 0 Å². The predicted molar refractivity (Wildman–Crippen MR) is 147 cm³/mol. The summed E-state index contributed by atoms with van der Waals surface area (Å²) >= 11 is 0. The van der Waals surface area contributed by atoms with Crippen LogP contribution in [-0.4, -0.2) is 52.0 Å². The molecular weight excluding hydrogens is 464 g/mol. The summed E-state index contributed by atoms with van der Waals surface area (Å²) in [6.07, 6.45) is 1.71. The van der Waals surface area contributed by atoms with Gasteiger partial charge in [0.15, 0.2) is 5.78 Å². The molecule has 3 rings (SSSR count). The quantitative estimate of drug-likeness (QED) is 0.492. The number of nitrogens with zero attached hydrogens (tertiary/aromatic N) is 4. The number of rotatable bonds is 6. The predicted octanol–water partition coefficient (Wildman–Crippen LogP) is 4.75. The van der Waals surface area contributed by atoms with Crippen molar-refractivity contribution in [3.63, 3.8) is 0 Å². The van der Waals surface area contributed by atoms with Gasteiger partial charge in [-0.3, -0.25) is 14.6 Å². The zero-order chi connectivity index (χ0) is 27.7. The third-order valence-corrected chi connectivity index (χ3v) is 6.44. The standard InChI is InChI=1S/C30H40N4O3/c1-29(2,3)22-15-21(16-23(26(22)36)30(4,5)6)25(35)19-33-18-24(27(37)32(8)9)34(28(33)31-7)17-20-13-11-10-12-14-20/h10-16,18,36H,17,19H2,1-9H3/b31-28-. The van der Waals surface area contributed by atoms with Crippen LogP contribution in [0.5, 0.6) is 5.75 Å². The van der Waals surface area contributed by atoms with Gasteiger partial charge < -0.3 is 19.1 Å². The summed E-state index contributed by atoms with van der Waals surface area (Å²) in [6, 6.07) is 13.4. The highest BCUT2D eigenvalue weighted by molar-refractivity contribution is 5.97. The lowest BCUT2D eigenvalue weighted by Gasteiger charge is -2.28. The first-order valence-electron chi connectivity index (χ1n) is 12.5. The average Bonchev–Trinajstić information content (AvgIpc) is 3.14. The molecule has 0 saturated heterocycles. The van der Waals surface area contributed by atoms with Crippen LogP contribution in [-0.2, 0) is 23.9 Å². The summed E-state index contributed by atoms with van der Waals surface area (Å²) < 4.78 is 3.59. The zero-order valence-electron chi connectivity index (χ0n) is 23.6. The van der Waals surface area contributed by atoms with Gasteiger partial charge in [0.25, 0.3) is 5.91 Å². The molecule has 1 N–H and O–H groups in total. The Morgan fingerprint density at radius 2 is 1.49 bits per heavy atom. The van der Waals surface area contributed by atoms with E-state index in [-0.39, 0.29) is 34.8 Å². The normalized spacial score (nSPS) is 12.6. The summed E-state index contributed by atoms with van der Waals surface area (Å²) in [5, 5.41) is 11.1. The summed E-state index contributed by atoms with van der Waals surface area (Å²) in [7, 11) is 5.08. The first-order chi connectivity index (χ1) is 17.1. The molecule has 7 heteroatoms. The van der Waals surface area contributed by atoms with Crippen molar-refractivity contribution >= 4 is 11.7 Å². The Hall–Kier alpha value is -3.61. The molecule has 0 aliphatic carbocycles. The number of amides is 1. The van der Waals surface area contributed by atoms with Gasteiger partial charge in [-0.05, 0) is 28.5 Å². The maximum Gasteiger partial charge on any atom is 0.271 e. The third kappa shape index (κ3) is 6.04. The molecule has 0 aliphatic rings. The number of aromatic hydroxyl groups is 1. The van der Waals surface area contributed by atoms with Crippen LogP contribution in [0.2, 0.25) is 0 Å². The minimum atomic E-state index is -0.345. The lowest BCUT2D eigenvalue weighted by molar-refractivity contribution is 0.0816. The Morgan fingerprint density at radius 1 is 0.946 bits per heavy atom. The lowest BCUT2D eigenvalue weighted by atomic mass is 9.78. The average molecular weight is 505 g/mol. The number of phenolic OH excluding ortho intramolecular Hbond substituents is 1. The summed E-state index contributed by atoms with van der Waals surface area (Å²) in [5.41, 5.74) is 3.32. The van der Waals surface area contributed by atoms with Crippen molar-refractivity contribution in [2.75, 3.05) is 21.1 Å². The van der Waals surface area contributed by atoms with Gasteiger partial charge in [0.1, 0.15) is 11.4 Å². The highest BCUT2D eigenvalue weighted by Crippen LogP contribution is 2.39. The third-order valence-electron chi connectivity index (χ3n) is 6.44. The van der Waals surface area contributed by atoms with E-state index in [4.69, 9.17) is 0 Å². The lowest BCUT2D eigenvalue weighted by Crippen LogP contribution is -2.31. The first kappa shape index (κ1) is 28.0.